The van der Waals surface area contributed by atoms with Crippen LogP contribution in [0.3, 0.4) is 0 Å². The first kappa shape index (κ1) is 22.9. The summed E-state index contributed by atoms with van der Waals surface area (Å²) in [6.07, 6.45) is 1.83. The van der Waals surface area contributed by atoms with Crippen LogP contribution in [-0.4, -0.2) is 45.1 Å². The van der Waals surface area contributed by atoms with Gasteiger partial charge in [0.25, 0.3) is 5.91 Å². The van der Waals surface area contributed by atoms with E-state index in [0.717, 1.165) is 22.6 Å². The number of benzene rings is 3. The molecule has 0 bridgehead atoms. The van der Waals surface area contributed by atoms with Gasteiger partial charge in [-0.1, -0.05) is 24.3 Å². The van der Waals surface area contributed by atoms with Crippen molar-refractivity contribution >= 4 is 11.6 Å². The largest absolute Gasteiger partial charge is 0.493 e. The molecule has 1 amide bonds. The van der Waals surface area contributed by atoms with Crippen LogP contribution in [-0.2, 0) is 0 Å². The standard InChI is InChI=1S/C27H24N6O3/c1-17-28-26(31-30-17)18-9-12-20(13-10-18)29-27(34)25-22(16-33(32-25)21-7-5-4-6-8-21)19-11-14-23(35-2)24(15-19)36-3/h4-16H,1-3H3,(H,29,34)(H,28,30,31). The minimum Gasteiger partial charge on any atom is -0.493 e. The lowest BCUT2D eigenvalue weighted by molar-refractivity contribution is 0.102. The summed E-state index contributed by atoms with van der Waals surface area (Å²) in [5, 5.41) is 14.6. The number of aryl methyl sites for hydroxylation is 1. The fourth-order valence-electron chi connectivity index (χ4n) is 3.83. The van der Waals surface area contributed by atoms with Gasteiger partial charge < -0.3 is 14.8 Å². The Morgan fingerprint density at radius 2 is 1.64 bits per heavy atom. The number of anilines is 1. The molecule has 5 aromatic rings. The maximum absolute atomic E-state index is 13.4. The molecule has 0 aliphatic rings. The van der Waals surface area contributed by atoms with Crippen LogP contribution in [0, 0.1) is 6.92 Å². The van der Waals surface area contributed by atoms with Crippen LogP contribution in [0.25, 0.3) is 28.2 Å². The predicted molar refractivity (Wildman–Crippen MR) is 137 cm³/mol. The zero-order valence-electron chi connectivity index (χ0n) is 20.0. The minimum absolute atomic E-state index is 0.278. The Morgan fingerprint density at radius 1 is 0.917 bits per heavy atom. The van der Waals surface area contributed by atoms with Gasteiger partial charge in [-0.05, 0) is 61.0 Å². The average molecular weight is 481 g/mol. The maximum atomic E-state index is 13.4. The van der Waals surface area contributed by atoms with Crippen molar-refractivity contribution in [2.75, 3.05) is 19.5 Å². The second kappa shape index (κ2) is 9.75. The molecule has 5 rings (SSSR count). The normalized spacial score (nSPS) is 10.8. The van der Waals surface area contributed by atoms with Gasteiger partial charge >= 0.3 is 0 Å². The molecule has 0 atom stereocenters. The molecule has 0 spiro atoms. The van der Waals surface area contributed by atoms with E-state index >= 15 is 0 Å². The number of hydrogen-bond donors (Lipinski definition) is 2. The SMILES string of the molecule is COc1ccc(-c2cn(-c3ccccc3)nc2C(=O)Nc2ccc(-c3n[nH]c(C)n3)cc2)cc1OC. The Balaban J connectivity index is 1.49. The number of H-pyrrole nitrogens is 1. The van der Waals surface area contributed by atoms with Crippen molar-refractivity contribution in [2.45, 2.75) is 6.92 Å². The predicted octanol–water partition coefficient (Wildman–Crippen LogP) is 4.90. The molecule has 2 heterocycles. The van der Waals surface area contributed by atoms with Gasteiger partial charge in [-0.15, -0.1) is 0 Å². The molecule has 0 saturated heterocycles. The Bertz CT molecular complexity index is 1510. The number of para-hydroxylation sites is 1. The quantitative estimate of drug-likeness (QED) is 0.343. The van der Waals surface area contributed by atoms with Gasteiger partial charge in [0, 0.05) is 23.0 Å². The summed E-state index contributed by atoms with van der Waals surface area (Å²) < 4.78 is 12.5. The minimum atomic E-state index is -0.337. The molecular formula is C27H24N6O3. The van der Waals surface area contributed by atoms with Crippen LogP contribution in [0.5, 0.6) is 11.5 Å². The number of amides is 1. The number of aromatic amines is 1. The van der Waals surface area contributed by atoms with Gasteiger partial charge in [-0.25, -0.2) is 9.67 Å². The molecule has 9 heteroatoms. The number of nitrogens with zero attached hydrogens (tertiary/aromatic N) is 4. The van der Waals surface area contributed by atoms with Crippen molar-refractivity contribution in [1.82, 2.24) is 25.0 Å². The van der Waals surface area contributed by atoms with Crippen LogP contribution in [0.15, 0.2) is 79.0 Å². The summed E-state index contributed by atoms with van der Waals surface area (Å²) in [6, 6.07) is 22.5. The Hall–Kier alpha value is -4.92. The topological polar surface area (TPSA) is 107 Å². The van der Waals surface area contributed by atoms with Gasteiger partial charge in [-0.3, -0.25) is 9.89 Å². The molecule has 0 fully saturated rings. The second-order valence-corrected chi connectivity index (χ2v) is 8.02. The summed E-state index contributed by atoms with van der Waals surface area (Å²) in [5.74, 6) is 2.16. The molecule has 3 aromatic carbocycles. The monoisotopic (exact) mass is 480 g/mol. The van der Waals surface area contributed by atoms with Gasteiger partial charge in [-0.2, -0.15) is 10.2 Å². The molecule has 0 aliphatic heterocycles. The summed E-state index contributed by atoms with van der Waals surface area (Å²) in [4.78, 5) is 17.8. The summed E-state index contributed by atoms with van der Waals surface area (Å²) >= 11 is 0. The van der Waals surface area contributed by atoms with Crippen molar-refractivity contribution < 1.29 is 14.3 Å². The molecule has 0 aliphatic carbocycles. The molecule has 0 saturated carbocycles. The molecule has 2 N–H and O–H groups in total. The van der Waals surface area contributed by atoms with E-state index in [4.69, 9.17) is 9.47 Å². The van der Waals surface area contributed by atoms with Crippen LogP contribution in [0.4, 0.5) is 5.69 Å². The third-order valence-corrected chi connectivity index (χ3v) is 5.64. The second-order valence-electron chi connectivity index (χ2n) is 8.02. The van der Waals surface area contributed by atoms with E-state index in [1.807, 2.05) is 79.9 Å². The fraction of sp³-hybridized carbons (Fsp3) is 0.111. The number of carbonyl (C=O) groups is 1. The first-order chi connectivity index (χ1) is 17.6. The van der Waals surface area contributed by atoms with E-state index in [1.165, 1.54) is 0 Å². The molecular weight excluding hydrogens is 456 g/mol. The highest BCUT2D eigenvalue weighted by Crippen LogP contribution is 2.34. The first-order valence-electron chi connectivity index (χ1n) is 11.2. The molecule has 9 nitrogen and oxygen atoms in total. The molecule has 0 unspecified atom stereocenters. The average Bonchev–Trinajstić information content (AvgIpc) is 3.56. The van der Waals surface area contributed by atoms with Crippen molar-refractivity contribution in [3.05, 3.63) is 90.5 Å². The van der Waals surface area contributed by atoms with Crippen LogP contribution in [0.1, 0.15) is 16.3 Å². The third kappa shape index (κ3) is 4.54. The highest BCUT2D eigenvalue weighted by molar-refractivity contribution is 6.07. The van der Waals surface area contributed by atoms with Crippen molar-refractivity contribution in [2.24, 2.45) is 0 Å². The zero-order valence-corrected chi connectivity index (χ0v) is 20.0. The number of hydrogen-bond acceptors (Lipinski definition) is 6. The number of methoxy groups -OCH3 is 2. The number of ether oxygens (including phenoxy) is 2. The molecule has 0 radical (unpaired) electrons. The van der Waals surface area contributed by atoms with E-state index in [1.54, 1.807) is 25.0 Å². The van der Waals surface area contributed by atoms with Gasteiger partial charge in [0.2, 0.25) is 0 Å². The molecule has 180 valence electrons. The van der Waals surface area contributed by atoms with Gasteiger partial charge in [0.05, 0.1) is 19.9 Å². The summed E-state index contributed by atoms with van der Waals surface area (Å²) in [6.45, 7) is 1.84. The zero-order chi connectivity index (χ0) is 25.1. The summed E-state index contributed by atoms with van der Waals surface area (Å²) in [7, 11) is 3.16. The fourth-order valence-corrected chi connectivity index (χ4v) is 3.83. The van der Waals surface area contributed by atoms with E-state index in [9.17, 15) is 4.79 Å². The van der Waals surface area contributed by atoms with Gasteiger partial charge in [0.1, 0.15) is 5.82 Å². The highest BCUT2D eigenvalue weighted by atomic mass is 16.5. The van der Waals surface area contributed by atoms with Gasteiger partial charge in [0.15, 0.2) is 23.0 Å². The van der Waals surface area contributed by atoms with E-state index in [-0.39, 0.29) is 11.6 Å². The Morgan fingerprint density at radius 3 is 2.31 bits per heavy atom. The van der Waals surface area contributed by atoms with E-state index in [2.05, 4.69) is 25.6 Å². The number of nitrogens with one attached hydrogen (secondary N) is 2. The lowest BCUT2D eigenvalue weighted by atomic mass is 10.1. The first-order valence-corrected chi connectivity index (χ1v) is 11.2. The highest BCUT2D eigenvalue weighted by Gasteiger charge is 2.20. The third-order valence-electron chi connectivity index (χ3n) is 5.64. The van der Waals surface area contributed by atoms with Crippen LogP contribution >= 0.6 is 0 Å². The van der Waals surface area contributed by atoms with E-state index in [0.29, 0.717) is 28.6 Å². The van der Waals surface area contributed by atoms with E-state index < -0.39 is 0 Å². The smallest absolute Gasteiger partial charge is 0.276 e. The maximum Gasteiger partial charge on any atom is 0.276 e. The lowest BCUT2D eigenvalue weighted by Crippen LogP contribution is -2.14. The van der Waals surface area contributed by atoms with Crippen molar-refractivity contribution in [1.29, 1.82) is 0 Å². The lowest BCUT2D eigenvalue weighted by Gasteiger charge is -2.10. The number of carbonyl (C=O) groups excluding carboxylic acids is 1. The van der Waals surface area contributed by atoms with Crippen LogP contribution < -0.4 is 14.8 Å². The van der Waals surface area contributed by atoms with Crippen molar-refractivity contribution in [3.63, 3.8) is 0 Å². The Labute approximate surface area is 207 Å². The number of aromatic nitrogens is 5. The van der Waals surface area contributed by atoms with Crippen molar-refractivity contribution in [3.8, 4) is 39.7 Å². The molecule has 36 heavy (non-hydrogen) atoms. The summed E-state index contributed by atoms with van der Waals surface area (Å²) in [5.41, 5.74) is 4.02. The van der Waals surface area contributed by atoms with Crippen LogP contribution in [0.2, 0.25) is 0 Å². The molecule has 2 aromatic heterocycles. The number of rotatable bonds is 7. The Kier molecular flexibility index (Phi) is 6.19.